The van der Waals surface area contributed by atoms with E-state index in [0.29, 0.717) is 18.2 Å². The predicted octanol–water partition coefficient (Wildman–Crippen LogP) is 4.93. The van der Waals surface area contributed by atoms with Crippen LogP contribution in [0.4, 0.5) is 18.9 Å². The van der Waals surface area contributed by atoms with Crippen molar-refractivity contribution in [2.75, 3.05) is 11.3 Å². The topological polar surface area (TPSA) is 113 Å². The first-order valence-electron chi connectivity index (χ1n) is 11.4. The van der Waals surface area contributed by atoms with E-state index in [-0.39, 0.29) is 10.8 Å². The van der Waals surface area contributed by atoms with Crippen LogP contribution in [0.15, 0.2) is 47.4 Å². The summed E-state index contributed by atoms with van der Waals surface area (Å²) in [6, 6.07) is 12.3. The Hall–Kier alpha value is -3.08. The van der Waals surface area contributed by atoms with E-state index in [1.54, 1.807) is 24.3 Å². The number of carbonyl (C=O) groups is 2. The molecular weight excluding hydrogens is 497 g/mol. The summed E-state index contributed by atoms with van der Waals surface area (Å²) in [4.78, 5) is 21.8. The molecule has 0 bridgehead atoms. The van der Waals surface area contributed by atoms with E-state index in [2.05, 4.69) is 23.9 Å². The van der Waals surface area contributed by atoms with Crippen molar-refractivity contribution in [1.82, 2.24) is 5.32 Å². The molecule has 2 aromatic rings. The molecular formula is C25H31F3N2O5S. The second-order valence-electron chi connectivity index (χ2n) is 9.25. The summed E-state index contributed by atoms with van der Waals surface area (Å²) in [5.41, 5.74) is 2.95. The number of carbonyl (C=O) groups excluding carboxylic acids is 1. The molecule has 0 spiro atoms. The van der Waals surface area contributed by atoms with Gasteiger partial charge in [0.25, 0.3) is 10.0 Å². The van der Waals surface area contributed by atoms with Crippen molar-refractivity contribution in [2.24, 2.45) is 5.92 Å². The van der Waals surface area contributed by atoms with Gasteiger partial charge in [0, 0.05) is 12.2 Å². The van der Waals surface area contributed by atoms with Gasteiger partial charge < -0.3 is 10.4 Å². The molecule has 198 valence electrons. The largest absolute Gasteiger partial charge is 0.490 e. The number of alkyl halides is 3. The first-order valence-corrected chi connectivity index (χ1v) is 12.9. The molecule has 0 atom stereocenters. The van der Waals surface area contributed by atoms with E-state index in [9.17, 15) is 26.4 Å². The third-order valence-electron chi connectivity index (χ3n) is 5.91. The quantitative estimate of drug-likeness (QED) is 0.450. The molecule has 36 heavy (non-hydrogen) atoms. The van der Waals surface area contributed by atoms with Crippen molar-refractivity contribution in [1.29, 1.82) is 0 Å². The molecule has 0 saturated heterocycles. The maximum Gasteiger partial charge on any atom is 0.490 e. The van der Waals surface area contributed by atoms with Crippen LogP contribution in [0.5, 0.6) is 0 Å². The fourth-order valence-electron chi connectivity index (χ4n) is 3.37. The molecule has 7 nitrogen and oxygen atoms in total. The minimum atomic E-state index is -5.08. The second kappa shape index (κ2) is 11.3. The van der Waals surface area contributed by atoms with Gasteiger partial charge in [-0.1, -0.05) is 32.0 Å². The Morgan fingerprint density at radius 3 is 2.03 bits per heavy atom. The summed E-state index contributed by atoms with van der Waals surface area (Å²) in [6.45, 7) is 8.80. The number of aryl methyl sites for hydroxylation is 2. The molecule has 2 aromatic carbocycles. The van der Waals surface area contributed by atoms with Crippen LogP contribution in [0.25, 0.3) is 0 Å². The average molecular weight is 529 g/mol. The van der Waals surface area contributed by atoms with Gasteiger partial charge in [0.15, 0.2) is 0 Å². The van der Waals surface area contributed by atoms with Gasteiger partial charge in [-0.2, -0.15) is 13.2 Å². The van der Waals surface area contributed by atoms with Gasteiger partial charge in [-0.15, -0.1) is 0 Å². The van der Waals surface area contributed by atoms with E-state index in [4.69, 9.17) is 9.90 Å². The van der Waals surface area contributed by atoms with Crippen LogP contribution in [0.2, 0.25) is 0 Å². The number of amides is 1. The Bertz CT molecular complexity index is 1190. The van der Waals surface area contributed by atoms with Gasteiger partial charge in [-0.05, 0) is 80.0 Å². The second-order valence-corrected chi connectivity index (χ2v) is 10.9. The van der Waals surface area contributed by atoms with Crippen molar-refractivity contribution in [2.45, 2.75) is 63.4 Å². The summed E-state index contributed by atoms with van der Waals surface area (Å²) < 4.78 is 59.7. The SMILES string of the molecule is Cc1ccc(S(=O)(=O)Nc2ccc(C3(C(=O)NCCC(C)C)CC3)cc2)cc1C.O=C(O)C(F)(F)F. The molecule has 0 heterocycles. The normalized spacial score (nSPS) is 14.4. The highest BCUT2D eigenvalue weighted by Gasteiger charge is 2.51. The zero-order valence-electron chi connectivity index (χ0n) is 20.6. The number of carboxylic acids is 1. The lowest BCUT2D eigenvalue weighted by Gasteiger charge is -2.17. The van der Waals surface area contributed by atoms with Gasteiger partial charge in [-0.25, -0.2) is 13.2 Å². The molecule has 0 unspecified atom stereocenters. The number of hydrogen-bond donors (Lipinski definition) is 3. The van der Waals surface area contributed by atoms with Crippen molar-refractivity contribution < 1.29 is 36.3 Å². The van der Waals surface area contributed by atoms with E-state index in [1.807, 2.05) is 32.0 Å². The van der Waals surface area contributed by atoms with E-state index in [1.165, 1.54) is 0 Å². The molecule has 1 saturated carbocycles. The third-order valence-corrected chi connectivity index (χ3v) is 7.29. The van der Waals surface area contributed by atoms with Gasteiger partial charge in [0.2, 0.25) is 5.91 Å². The van der Waals surface area contributed by atoms with Gasteiger partial charge >= 0.3 is 12.1 Å². The van der Waals surface area contributed by atoms with E-state index >= 15 is 0 Å². The number of carboxylic acid groups (broad SMARTS) is 1. The standard InChI is InChI=1S/C23H30N2O3S.C2HF3O2/c1-16(2)11-14-24-22(26)23(12-13-23)19-6-8-20(9-7-19)25-29(27,28)21-10-5-17(3)18(4)15-21;3-2(4,5)1(6)7/h5-10,15-16,25H,11-14H2,1-4H3,(H,24,26);(H,6,7). The molecule has 0 aromatic heterocycles. The number of benzene rings is 2. The van der Waals surface area contributed by atoms with Crippen molar-refractivity contribution >= 4 is 27.6 Å². The van der Waals surface area contributed by atoms with Crippen LogP contribution in [0.1, 0.15) is 49.8 Å². The van der Waals surface area contributed by atoms with Crippen LogP contribution >= 0.6 is 0 Å². The van der Waals surface area contributed by atoms with E-state index < -0.39 is 27.6 Å². The summed E-state index contributed by atoms with van der Waals surface area (Å²) >= 11 is 0. The Balaban J connectivity index is 0.000000572. The number of halogens is 3. The molecule has 3 N–H and O–H groups in total. The smallest absolute Gasteiger partial charge is 0.475 e. The first-order chi connectivity index (χ1) is 16.6. The molecule has 3 rings (SSSR count). The first kappa shape index (κ1) is 29.2. The van der Waals surface area contributed by atoms with Crippen LogP contribution < -0.4 is 10.0 Å². The number of aliphatic carboxylic acids is 1. The predicted molar refractivity (Wildman–Crippen MR) is 130 cm³/mol. The number of nitrogens with one attached hydrogen (secondary N) is 2. The Kier molecular flexibility index (Phi) is 9.17. The number of hydrogen-bond acceptors (Lipinski definition) is 4. The van der Waals surface area contributed by atoms with Crippen LogP contribution in [-0.4, -0.2) is 38.1 Å². The highest BCUT2D eigenvalue weighted by molar-refractivity contribution is 7.92. The molecule has 0 aliphatic heterocycles. The van der Waals surface area contributed by atoms with Crippen LogP contribution in [0.3, 0.4) is 0 Å². The molecule has 1 amide bonds. The highest BCUT2D eigenvalue weighted by Crippen LogP contribution is 2.48. The lowest BCUT2D eigenvalue weighted by atomic mass is 9.94. The summed E-state index contributed by atoms with van der Waals surface area (Å²) in [5, 5.41) is 10.2. The zero-order valence-corrected chi connectivity index (χ0v) is 21.4. The van der Waals surface area contributed by atoms with Crippen LogP contribution in [0, 0.1) is 19.8 Å². The Labute approximate surface area is 209 Å². The molecule has 1 aliphatic rings. The fourth-order valence-corrected chi connectivity index (χ4v) is 4.51. The van der Waals surface area contributed by atoms with Gasteiger partial charge in [0.1, 0.15) is 0 Å². The summed E-state index contributed by atoms with van der Waals surface area (Å²) in [6.07, 6.45) is -2.47. The molecule has 0 radical (unpaired) electrons. The van der Waals surface area contributed by atoms with Gasteiger partial charge in [-0.3, -0.25) is 9.52 Å². The van der Waals surface area contributed by atoms with Gasteiger partial charge in [0.05, 0.1) is 10.3 Å². The summed E-state index contributed by atoms with van der Waals surface area (Å²) in [5.74, 6) is -2.14. The average Bonchev–Trinajstić information content (AvgIpc) is 3.57. The van der Waals surface area contributed by atoms with Crippen molar-refractivity contribution in [3.63, 3.8) is 0 Å². The number of anilines is 1. The Morgan fingerprint density at radius 1 is 1.03 bits per heavy atom. The maximum absolute atomic E-state index is 12.7. The maximum atomic E-state index is 12.7. The minimum absolute atomic E-state index is 0.0709. The Morgan fingerprint density at radius 2 is 1.58 bits per heavy atom. The van der Waals surface area contributed by atoms with E-state index in [0.717, 1.165) is 36.0 Å². The highest BCUT2D eigenvalue weighted by atomic mass is 32.2. The monoisotopic (exact) mass is 528 g/mol. The minimum Gasteiger partial charge on any atom is -0.475 e. The lowest BCUT2D eigenvalue weighted by Crippen LogP contribution is -2.35. The fraction of sp³-hybridized carbons (Fsp3) is 0.440. The number of sulfonamides is 1. The molecule has 1 fully saturated rings. The molecule has 1 aliphatic carbocycles. The van der Waals surface area contributed by atoms with Crippen molar-refractivity contribution in [3.8, 4) is 0 Å². The molecule has 11 heteroatoms. The van der Waals surface area contributed by atoms with Crippen molar-refractivity contribution in [3.05, 3.63) is 59.2 Å². The lowest BCUT2D eigenvalue weighted by molar-refractivity contribution is -0.192. The zero-order chi connectivity index (χ0) is 27.3. The summed E-state index contributed by atoms with van der Waals surface area (Å²) in [7, 11) is -3.65. The number of rotatable bonds is 8. The van der Waals surface area contributed by atoms with Crippen LogP contribution in [-0.2, 0) is 25.0 Å². The third kappa shape index (κ3) is 7.71.